The first-order valence-corrected chi connectivity index (χ1v) is 11.6. The number of rotatable bonds is 9. The van der Waals surface area contributed by atoms with Gasteiger partial charge in [-0.3, -0.25) is 4.79 Å². The van der Waals surface area contributed by atoms with E-state index in [0.717, 1.165) is 16.5 Å². The molecule has 0 saturated carbocycles. The average Bonchev–Trinajstić information content (AvgIpc) is 3.30. The van der Waals surface area contributed by atoms with Crippen LogP contribution in [-0.2, 0) is 17.8 Å². The van der Waals surface area contributed by atoms with Crippen LogP contribution in [0.2, 0.25) is 5.02 Å². The molecular formula is C28H23ClFN3O3. The van der Waals surface area contributed by atoms with Crippen LogP contribution in [0.4, 0.5) is 4.39 Å². The summed E-state index contributed by atoms with van der Waals surface area (Å²) in [7, 11) is 1.44. The van der Waals surface area contributed by atoms with Gasteiger partial charge in [0.2, 0.25) is 0 Å². The first kappa shape index (κ1) is 24.8. The number of ether oxygens (including phenoxy) is 2. The molecule has 0 unspecified atom stereocenters. The molecule has 0 spiro atoms. The molecule has 4 rings (SSSR count). The Labute approximate surface area is 212 Å². The number of nitrogens with zero attached hydrogens (tertiary/aromatic N) is 1. The minimum atomic E-state index is -0.493. The van der Waals surface area contributed by atoms with Gasteiger partial charge in [-0.1, -0.05) is 48.0 Å². The molecule has 2 N–H and O–H groups in total. The molecule has 3 aromatic carbocycles. The summed E-state index contributed by atoms with van der Waals surface area (Å²) in [5.41, 5.74) is 2.89. The first-order valence-electron chi connectivity index (χ1n) is 11.2. The molecule has 0 bridgehead atoms. The van der Waals surface area contributed by atoms with Crippen LogP contribution in [0.25, 0.3) is 17.0 Å². The van der Waals surface area contributed by atoms with Crippen molar-refractivity contribution in [3.05, 3.63) is 100.0 Å². The smallest absolute Gasteiger partial charge is 0.261 e. The molecule has 0 aliphatic heterocycles. The van der Waals surface area contributed by atoms with Crippen molar-refractivity contribution >= 4 is 34.5 Å². The van der Waals surface area contributed by atoms with E-state index in [9.17, 15) is 14.4 Å². The van der Waals surface area contributed by atoms with E-state index in [4.69, 9.17) is 21.1 Å². The normalized spacial score (nSPS) is 11.2. The fourth-order valence-corrected chi connectivity index (χ4v) is 4.06. The SMILES string of the molecule is COc1cc(/C=C(/C#N)C(=O)NCCc2c[nH]c3ccccc23)cc(Cl)c1OCc1ccccc1F. The van der Waals surface area contributed by atoms with Crippen molar-refractivity contribution in [1.82, 2.24) is 10.3 Å². The number of methoxy groups -OCH3 is 1. The maximum atomic E-state index is 13.9. The number of halogens is 2. The minimum Gasteiger partial charge on any atom is -0.493 e. The fraction of sp³-hybridized carbons (Fsp3) is 0.143. The van der Waals surface area contributed by atoms with Gasteiger partial charge in [-0.2, -0.15) is 5.26 Å². The number of fused-ring (bicyclic) bond motifs is 1. The number of aromatic nitrogens is 1. The summed E-state index contributed by atoms with van der Waals surface area (Å²) in [4.78, 5) is 15.8. The third-order valence-electron chi connectivity index (χ3n) is 5.61. The van der Waals surface area contributed by atoms with E-state index in [2.05, 4.69) is 10.3 Å². The lowest BCUT2D eigenvalue weighted by Gasteiger charge is -2.14. The lowest BCUT2D eigenvalue weighted by Crippen LogP contribution is -2.26. The number of aromatic amines is 1. The largest absolute Gasteiger partial charge is 0.493 e. The Morgan fingerprint density at radius 2 is 1.94 bits per heavy atom. The zero-order valence-corrected chi connectivity index (χ0v) is 20.2. The molecule has 0 radical (unpaired) electrons. The lowest BCUT2D eigenvalue weighted by atomic mass is 10.1. The molecule has 0 aliphatic rings. The second-order valence-corrected chi connectivity index (χ2v) is 8.36. The van der Waals surface area contributed by atoms with Gasteiger partial charge in [-0.25, -0.2) is 4.39 Å². The van der Waals surface area contributed by atoms with E-state index in [1.54, 1.807) is 30.3 Å². The lowest BCUT2D eigenvalue weighted by molar-refractivity contribution is -0.117. The maximum absolute atomic E-state index is 13.9. The molecule has 1 amide bonds. The van der Waals surface area contributed by atoms with E-state index in [1.807, 2.05) is 36.5 Å². The number of hydrogen-bond acceptors (Lipinski definition) is 4. The summed E-state index contributed by atoms with van der Waals surface area (Å²) >= 11 is 6.40. The van der Waals surface area contributed by atoms with Gasteiger partial charge in [0.1, 0.15) is 24.1 Å². The van der Waals surface area contributed by atoms with Gasteiger partial charge in [-0.15, -0.1) is 0 Å². The predicted octanol–water partition coefficient (Wildman–Crippen LogP) is 5.81. The van der Waals surface area contributed by atoms with Gasteiger partial charge < -0.3 is 19.8 Å². The van der Waals surface area contributed by atoms with Crippen molar-refractivity contribution < 1.29 is 18.7 Å². The summed E-state index contributed by atoms with van der Waals surface area (Å²) in [6, 6.07) is 19.3. The third kappa shape index (κ3) is 5.68. The van der Waals surface area contributed by atoms with Crippen LogP contribution >= 0.6 is 11.6 Å². The standard InChI is InChI=1S/C28H23ClFN3O3/c1-35-26-14-18(13-23(29)27(26)36-17-20-6-2-4-8-24(20)30)12-21(15-31)28(34)32-11-10-19-16-33-25-9-5-3-7-22(19)25/h2-9,12-14,16,33H,10-11,17H2,1H3,(H,32,34)/b21-12-. The second-order valence-electron chi connectivity index (χ2n) is 7.95. The summed E-state index contributed by atoms with van der Waals surface area (Å²) in [5.74, 6) is -0.350. The van der Waals surface area contributed by atoms with Gasteiger partial charge >= 0.3 is 0 Å². The minimum absolute atomic E-state index is 0.0414. The van der Waals surface area contributed by atoms with Crippen LogP contribution < -0.4 is 14.8 Å². The molecule has 6 nitrogen and oxygen atoms in total. The van der Waals surface area contributed by atoms with Crippen molar-refractivity contribution in [2.75, 3.05) is 13.7 Å². The highest BCUT2D eigenvalue weighted by molar-refractivity contribution is 6.32. The molecule has 1 heterocycles. The van der Waals surface area contributed by atoms with Crippen LogP contribution in [0.15, 0.2) is 72.4 Å². The number of para-hydroxylation sites is 1. The highest BCUT2D eigenvalue weighted by atomic mass is 35.5. The van der Waals surface area contributed by atoms with Crippen molar-refractivity contribution in [3.63, 3.8) is 0 Å². The second kappa shape index (κ2) is 11.4. The van der Waals surface area contributed by atoms with Gasteiger partial charge in [0.15, 0.2) is 11.5 Å². The Morgan fingerprint density at radius 1 is 1.17 bits per heavy atom. The van der Waals surface area contributed by atoms with Crippen molar-refractivity contribution in [3.8, 4) is 17.6 Å². The fourth-order valence-electron chi connectivity index (χ4n) is 3.79. The monoisotopic (exact) mass is 503 g/mol. The predicted molar refractivity (Wildman–Crippen MR) is 137 cm³/mol. The number of H-pyrrole nitrogens is 1. The van der Waals surface area contributed by atoms with Crippen LogP contribution in [0, 0.1) is 17.1 Å². The van der Waals surface area contributed by atoms with E-state index in [1.165, 1.54) is 19.3 Å². The quantitative estimate of drug-likeness (QED) is 0.223. The number of benzene rings is 3. The Kier molecular flexibility index (Phi) is 7.89. The Morgan fingerprint density at radius 3 is 2.72 bits per heavy atom. The highest BCUT2D eigenvalue weighted by Gasteiger charge is 2.15. The highest BCUT2D eigenvalue weighted by Crippen LogP contribution is 2.37. The van der Waals surface area contributed by atoms with Crippen LogP contribution in [-0.4, -0.2) is 24.5 Å². The van der Waals surface area contributed by atoms with E-state index >= 15 is 0 Å². The molecule has 4 aromatic rings. The number of nitrogens with one attached hydrogen (secondary N) is 2. The summed E-state index contributed by atoms with van der Waals surface area (Å²) in [5, 5.41) is 13.6. The molecule has 0 atom stereocenters. The van der Waals surface area contributed by atoms with Crippen molar-refractivity contribution in [1.29, 1.82) is 5.26 Å². The Bertz CT molecular complexity index is 1470. The molecule has 8 heteroatoms. The Balaban J connectivity index is 1.44. The van der Waals surface area contributed by atoms with Gasteiger partial charge in [0.25, 0.3) is 5.91 Å². The van der Waals surface area contributed by atoms with E-state index in [-0.39, 0.29) is 28.8 Å². The number of carbonyl (C=O) groups is 1. The average molecular weight is 504 g/mol. The molecular weight excluding hydrogens is 481 g/mol. The summed E-state index contributed by atoms with van der Waals surface area (Å²) in [6.45, 7) is 0.326. The van der Waals surface area contributed by atoms with Crippen molar-refractivity contribution in [2.24, 2.45) is 0 Å². The topological polar surface area (TPSA) is 87.1 Å². The molecule has 36 heavy (non-hydrogen) atoms. The number of nitriles is 1. The zero-order chi connectivity index (χ0) is 25.5. The van der Waals surface area contributed by atoms with Crippen LogP contribution in [0.1, 0.15) is 16.7 Å². The van der Waals surface area contributed by atoms with Gasteiger partial charge in [-0.05, 0) is 47.9 Å². The zero-order valence-electron chi connectivity index (χ0n) is 19.5. The summed E-state index contributed by atoms with van der Waals surface area (Å²) in [6.07, 6.45) is 3.96. The molecule has 0 aliphatic carbocycles. The number of amides is 1. The summed E-state index contributed by atoms with van der Waals surface area (Å²) < 4.78 is 25.0. The van der Waals surface area contributed by atoms with E-state index in [0.29, 0.717) is 29.8 Å². The van der Waals surface area contributed by atoms with Gasteiger partial charge in [0, 0.05) is 29.2 Å². The molecule has 0 fully saturated rings. The van der Waals surface area contributed by atoms with Gasteiger partial charge in [0.05, 0.1) is 12.1 Å². The molecule has 182 valence electrons. The number of carbonyl (C=O) groups excluding carboxylic acids is 1. The Hall–Kier alpha value is -4.28. The molecule has 1 aromatic heterocycles. The van der Waals surface area contributed by atoms with E-state index < -0.39 is 5.91 Å². The molecule has 0 saturated heterocycles. The first-order chi connectivity index (χ1) is 17.5. The number of hydrogen-bond donors (Lipinski definition) is 2. The van der Waals surface area contributed by atoms with Crippen LogP contribution in [0.5, 0.6) is 11.5 Å². The van der Waals surface area contributed by atoms with Crippen molar-refractivity contribution in [2.45, 2.75) is 13.0 Å². The third-order valence-corrected chi connectivity index (χ3v) is 5.89. The van der Waals surface area contributed by atoms with Crippen LogP contribution in [0.3, 0.4) is 0 Å². The maximum Gasteiger partial charge on any atom is 0.261 e.